The predicted molar refractivity (Wildman–Crippen MR) is 85.9 cm³/mol. The number of esters is 2. The molecule has 0 saturated carbocycles. The second-order valence-corrected chi connectivity index (χ2v) is 7.69. The van der Waals surface area contributed by atoms with E-state index in [-0.39, 0.29) is 16.6 Å². The van der Waals surface area contributed by atoms with Crippen molar-refractivity contribution in [2.75, 3.05) is 19.7 Å². The van der Waals surface area contributed by atoms with Gasteiger partial charge < -0.3 is 9.47 Å². The molecular formula is C16H21NO6S. The second-order valence-electron chi connectivity index (χ2n) is 5.75. The summed E-state index contributed by atoms with van der Waals surface area (Å²) in [6.45, 7) is 3.83. The molecule has 0 aliphatic carbocycles. The van der Waals surface area contributed by atoms with Crippen LogP contribution in [0.1, 0.15) is 37.0 Å². The minimum atomic E-state index is -3.61. The highest BCUT2D eigenvalue weighted by Crippen LogP contribution is 2.21. The maximum atomic E-state index is 12.5. The monoisotopic (exact) mass is 355 g/mol. The quantitative estimate of drug-likeness (QED) is 0.720. The third kappa shape index (κ3) is 4.55. The molecule has 1 saturated heterocycles. The van der Waals surface area contributed by atoms with Crippen LogP contribution in [-0.2, 0) is 24.3 Å². The SMILES string of the molecule is CC(C)OC(=O)COC(=O)c1cccc(S(=O)(=O)N2CCCC2)c1. The van der Waals surface area contributed by atoms with Crippen LogP contribution in [0.25, 0.3) is 0 Å². The van der Waals surface area contributed by atoms with Gasteiger partial charge in [0.25, 0.3) is 0 Å². The van der Waals surface area contributed by atoms with Crippen LogP contribution in [0.2, 0.25) is 0 Å². The highest BCUT2D eigenvalue weighted by atomic mass is 32.2. The zero-order valence-corrected chi connectivity index (χ0v) is 14.5. The lowest BCUT2D eigenvalue weighted by Gasteiger charge is -2.15. The molecule has 1 aliphatic heterocycles. The normalized spacial score (nSPS) is 15.5. The van der Waals surface area contributed by atoms with Gasteiger partial charge in [-0.2, -0.15) is 4.31 Å². The van der Waals surface area contributed by atoms with Crippen molar-refractivity contribution in [2.24, 2.45) is 0 Å². The largest absolute Gasteiger partial charge is 0.460 e. The topological polar surface area (TPSA) is 90.0 Å². The molecule has 0 N–H and O–H groups in total. The lowest BCUT2D eigenvalue weighted by atomic mass is 10.2. The van der Waals surface area contributed by atoms with E-state index in [2.05, 4.69) is 0 Å². The van der Waals surface area contributed by atoms with E-state index in [0.29, 0.717) is 13.1 Å². The van der Waals surface area contributed by atoms with Gasteiger partial charge >= 0.3 is 11.9 Å². The molecule has 1 aliphatic rings. The molecule has 0 amide bonds. The van der Waals surface area contributed by atoms with Gasteiger partial charge in [-0.1, -0.05) is 6.07 Å². The lowest BCUT2D eigenvalue weighted by Crippen LogP contribution is -2.28. The summed E-state index contributed by atoms with van der Waals surface area (Å²) in [7, 11) is -3.61. The first-order valence-electron chi connectivity index (χ1n) is 7.77. The van der Waals surface area contributed by atoms with E-state index < -0.39 is 28.6 Å². The number of nitrogens with zero attached hydrogens (tertiary/aromatic N) is 1. The molecule has 0 radical (unpaired) electrons. The van der Waals surface area contributed by atoms with Gasteiger partial charge in [-0.15, -0.1) is 0 Å². The van der Waals surface area contributed by atoms with Gasteiger partial charge in [0.15, 0.2) is 6.61 Å². The number of sulfonamides is 1. The van der Waals surface area contributed by atoms with Crippen LogP contribution < -0.4 is 0 Å². The van der Waals surface area contributed by atoms with Crippen LogP contribution in [0, 0.1) is 0 Å². The number of ether oxygens (including phenoxy) is 2. The Bertz CT molecular complexity index is 707. The number of rotatable bonds is 6. The van der Waals surface area contributed by atoms with Gasteiger partial charge in [-0.05, 0) is 44.9 Å². The standard InChI is InChI=1S/C16H21NO6S/c1-12(2)23-15(18)11-22-16(19)13-6-5-7-14(10-13)24(20,21)17-8-3-4-9-17/h5-7,10,12H,3-4,8-9,11H2,1-2H3. The average molecular weight is 355 g/mol. The Morgan fingerprint density at radius 3 is 2.50 bits per heavy atom. The molecule has 0 unspecified atom stereocenters. The summed E-state index contributed by atoms with van der Waals surface area (Å²) in [5, 5.41) is 0. The molecule has 0 atom stereocenters. The van der Waals surface area contributed by atoms with E-state index in [9.17, 15) is 18.0 Å². The van der Waals surface area contributed by atoms with Crippen molar-refractivity contribution in [2.45, 2.75) is 37.7 Å². The number of carbonyl (C=O) groups is 2. The van der Waals surface area contributed by atoms with Crippen LogP contribution in [-0.4, -0.2) is 50.5 Å². The number of hydrogen-bond acceptors (Lipinski definition) is 6. The molecule has 7 nitrogen and oxygen atoms in total. The zero-order valence-electron chi connectivity index (χ0n) is 13.7. The highest BCUT2D eigenvalue weighted by molar-refractivity contribution is 7.89. The predicted octanol–water partition coefficient (Wildman–Crippen LogP) is 1.58. The summed E-state index contributed by atoms with van der Waals surface area (Å²) < 4.78 is 36.1. The third-order valence-corrected chi connectivity index (χ3v) is 5.36. The fourth-order valence-corrected chi connectivity index (χ4v) is 3.93. The van der Waals surface area contributed by atoms with Crippen molar-refractivity contribution in [1.82, 2.24) is 4.31 Å². The van der Waals surface area contributed by atoms with Gasteiger partial charge in [-0.3, -0.25) is 0 Å². The highest BCUT2D eigenvalue weighted by Gasteiger charge is 2.27. The molecule has 2 rings (SSSR count). The maximum absolute atomic E-state index is 12.5. The molecule has 8 heteroatoms. The Labute approximate surface area is 141 Å². The second kappa shape index (κ2) is 7.76. The molecule has 24 heavy (non-hydrogen) atoms. The number of benzene rings is 1. The van der Waals surface area contributed by atoms with E-state index in [0.717, 1.165) is 12.8 Å². The van der Waals surface area contributed by atoms with Crippen molar-refractivity contribution in [3.05, 3.63) is 29.8 Å². The zero-order chi connectivity index (χ0) is 17.7. The van der Waals surface area contributed by atoms with Gasteiger partial charge in [0.2, 0.25) is 10.0 Å². The first kappa shape index (κ1) is 18.4. The molecule has 1 aromatic carbocycles. The fourth-order valence-electron chi connectivity index (χ4n) is 2.37. The van der Waals surface area contributed by atoms with E-state index in [1.54, 1.807) is 13.8 Å². The molecule has 1 aromatic rings. The van der Waals surface area contributed by atoms with Crippen LogP contribution in [0.4, 0.5) is 0 Å². The molecule has 1 heterocycles. The molecular weight excluding hydrogens is 334 g/mol. The summed E-state index contributed by atoms with van der Waals surface area (Å²) in [6.07, 6.45) is 1.36. The van der Waals surface area contributed by atoms with Crippen molar-refractivity contribution < 1.29 is 27.5 Å². The summed E-state index contributed by atoms with van der Waals surface area (Å²) >= 11 is 0. The van der Waals surface area contributed by atoms with E-state index >= 15 is 0 Å². The Balaban J connectivity index is 2.07. The van der Waals surface area contributed by atoms with E-state index in [4.69, 9.17) is 9.47 Å². The lowest BCUT2D eigenvalue weighted by molar-refractivity contribution is -0.150. The van der Waals surface area contributed by atoms with Crippen molar-refractivity contribution >= 4 is 22.0 Å². The van der Waals surface area contributed by atoms with Crippen LogP contribution in [0.15, 0.2) is 29.2 Å². The van der Waals surface area contributed by atoms with Crippen molar-refractivity contribution in [3.63, 3.8) is 0 Å². The average Bonchev–Trinajstić information content (AvgIpc) is 3.07. The number of carbonyl (C=O) groups excluding carboxylic acids is 2. The van der Waals surface area contributed by atoms with Gasteiger partial charge in [0, 0.05) is 13.1 Å². The Hall–Kier alpha value is -1.93. The van der Waals surface area contributed by atoms with Crippen molar-refractivity contribution in [1.29, 1.82) is 0 Å². The Morgan fingerprint density at radius 1 is 1.21 bits per heavy atom. The van der Waals surface area contributed by atoms with E-state index in [1.165, 1.54) is 28.6 Å². The minimum absolute atomic E-state index is 0.0450. The Kier molecular flexibility index (Phi) is 5.95. The maximum Gasteiger partial charge on any atom is 0.344 e. The van der Waals surface area contributed by atoms with Crippen LogP contribution in [0.5, 0.6) is 0 Å². The van der Waals surface area contributed by atoms with Crippen LogP contribution in [0.3, 0.4) is 0 Å². The molecule has 1 fully saturated rings. The summed E-state index contributed by atoms with van der Waals surface area (Å²) in [4.78, 5) is 23.4. The third-order valence-electron chi connectivity index (χ3n) is 3.46. The summed E-state index contributed by atoms with van der Waals surface area (Å²) in [5.74, 6) is -1.42. The molecule has 0 aromatic heterocycles. The smallest absolute Gasteiger partial charge is 0.344 e. The molecule has 0 spiro atoms. The van der Waals surface area contributed by atoms with Gasteiger partial charge in [0.1, 0.15) is 0 Å². The van der Waals surface area contributed by atoms with Gasteiger partial charge in [0.05, 0.1) is 16.6 Å². The van der Waals surface area contributed by atoms with Crippen LogP contribution >= 0.6 is 0 Å². The molecule has 0 bridgehead atoms. The number of hydrogen-bond donors (Lipinski definition) is 0. The first-order chi connectivity index (χ1) is 11.3. The summed E-state index contributed by atoms with van der Waals surface area (Å²) in [6, 6.07) is 5.63. The van der Waals surface area contributed by atoms with Crippen molar-refractivity contribution in [3.8, 4) is 0 Å². The van der Waals surface area contributed by atoms with Gasteiger partial charge in [-0.25, -0.2) is 18.0 Å². The Morgan fingerprint density at radius 2 is 1.88 bits per heavy atom. The fraction of sp³-hybridized carbons (Fsp3) is 0.500. The minimum Gasteiger partial charge on any atom is -0.460 e. The first-order valence-corrected chi connectivity index (χ1v) is 9.21. The molecule has 132 valence electrons. The summed E-state index contributed by atoms with van der Waals surface area (Å²) in [5.41, 5.74) is 0.0765. The van der Waals surface area contributed by atoms with E-state index in [1.807, 2.05) is 0 Å².